The smallest absolute Gasteiger partial charge is 0.107 e. The second kappa shape index (κ2) is 2.80. The van der Waals surface area contributed by atoms with Crippen molar-refractivity contribution in [2.45, 2.75) is 57.7 Å². The summed E-state index contributed by atoms with van der Waals surface area (Å²) in [6.07, 6.45) is 1.25. The molecule has 0 fully saturated rings. The van der Waals surface area contributed by atoms with Crippen LogP contribution in [-0.2, 0) is 0 Å². The summed E-state index contributed by atoms with van der Waals surface area (Å²) in [5.74, 6) is 0. The average molecular weight is 170 g/mol. The van der Waals surface area contributed by atoms with Crippen LogP contribution in [0.1, 0.15) is 40.5 Å². The summed E-state index contributed by atoms with van der Waals surface area (Å²) >= 11 is 0. The normalized spacial score (nSPS) is 42.4. The van der Waals surface area contributed by atoms with Gasteiger partial charge in [0.1, 0.15) is 17.2 Å². The summed E-state index contributed by atoms with van der Waals surface area (Å²) in [5, 5.41) is 18.3. The molecule has 12 heavy (non-hydrogen) atoms. The SMILES string of the molecule is CC[C@@]1(C)N=N[C@](C)(CC)C1O. The highest BCUT2D eigenvalue weighted by Crippen LogP contribution is 2.39. The van der Waals surface area contributed by atoms with E-state index in [1.807, 2.05) is 27.7 Å². The van der Waals surface area contributed by atoms with Crippen LogP contribution in [0.15, 0.2) is 10.2 Å². The van der Waals surface area contributed by atoms with Crippen molar-refractivity contribution in [3.8, 4) is 0 Å². The van der Waals surface area contributed by atoms with Crippen molar-refractivity contribution in [3.05, 3.63) is 0 Å². The molecular weight excluding hydrogens is 152 g/mol. The predicted molar refractivity (Wildman–Crippen MR) is 48.3 cm³/mol. The summed E-state index contributed by atoms with van der Waals surface area (Å²) in [6, 6.07) is 0. The number of rotatable bonds is 2. The second-order valence-corrected chi connectivity index (χ2v) is 4.02. The fourth-order valence-corrected chi connectivity index (χ4v) is 1.54. The minimum Gasteiger partial charge on any atom is -0.388 e. The summed E-state index contributed by atoms with van der Waals surface area (Å²) < 4.78 is 0. The van der Waals surface area contributed by atoms with Gasteiger partial charge in [-0.15, -0.1) is 0 Å². The van der Waals surface area contributed by atoms with E-state index in [4.69, 9.17) is 0 Å². The topological polar surface area (TPSA) is 45.0 Å². The van der Waals surface area contributed by atoms with Crippen LogP contribution in [0, 0.1) is 0 Å². The number of azo groups is 1. The van der Waals surface area contributed by atoms with Gasteiger partial charge in [0.2, 0.25) is 0 Å². The minimum absolute atomic E-state index is 0.356. The molecule has 0 amide bonds. The van der Waals surface area contributed by atoms with Gasteiger partial charge in [-0.2, -0.15) is 10.2 Å². The highest BCUT2D eigenvalue weighted by Gasteiger charge is 2.48. The van der Waals surface area contributed by atoms with Crippen LogP contribution in [-0.4, -0.2) is 22.3 Å². The van der Waals surface area contributed by atoms with Crippen LogP contribution in [0.3, 0.4) is 0 Å². The van der Waals surface area contributed by atoms with Gasteiger partial charge in [0.25, 0.3) is 0 Å². The molecule has 1 rings (SSSR count). The number of nitrogens with zero attached hydrogens (tertiary/aromatic N) is 2. The van der Waals surface area contributed by atoms with Gasteiger partial charge in [0, 0.05) is 0 Å². The third-order valence-corrected chi connectivity index (χ3v) is 3.12. The van der Waals surface area contributed by atoms with Gasteiger partial charge in [-0.25, -0.2) is 0 Å². The average Bonchev–Trinajstić information content (AvgIpc) is 2.32. The summed E-state index contributed by atoms with van der Waals surface area (Å²) in [5.41, 5.74) is -0.713. The zero-order valence-electron chi connectivity index (χ0n) is 8.33. The summed E-state index contributed by atoms with van der Waals surface area (Å²) in [6.45, 7) is 7.98. The number of hydrogen-bond acceptors (Lipinski definition) is 3. The van der Waals surface area contributed by atoms with Gasteiger partial charge in [-0.1, -0.05) is 13.8 Å². The van der Waals surface area contributed by atoms with Gasteiger partial charge in [-0.3, -0.25) is 0 Å². The van der Waals surface area contributed by atoms with E-state index >= 15 is 0 Å². The second-order valence-electron chi connectivity index (χ2n) is 4.02. The Hall–Kier alpha value is -0.440. The van der Waals surface area contributed by atoms with E-state index in [0.29, 0.717) is 0 Å². The Morgan fingerprint density at radius 2 is 1.42 bits per heavy atom. The molecule has 70 valence electrons. The highest BCUT2D eigenvalue weighted by molar-refractivity contribution is 5.07. The molecule has 1 aliphatic heterocycles. The van der Waals surface area contributed by atoms with Crippen molar-refractivity contribution >= 4 is 0 Å². The van der Waals surface area contributed by atoms with E-state index in [0.717, 1.165) is 12.8 Å². The largest absolute Gasteiger partial charge is 0.388 e. The number of hydrogen-bond donors (Lipinski definition) is 1. The van der Waals surface area contributed by atoms with Gasteiger partial charge in [-0.05, 0) is 26.7 Å². The maximum absolute atomic E-state index is 9.98. The van der Waals surface area contributed by atoms with Crippen molar-refractivity contribution in [2.24, 2.45) is 10.2 Å². The molecule has 0 unspecified atom stereocenters. The van der Waals surface area contributed by atoms with Crippen LogP contribution in [0.5, 0.6) is 0 Å². The van der Waals surface area contributed by atoms with Crippen LogP contribution in [0.25, 0.3) is 0 Å². The maximum atomic E-state index is 9.98. The van der Waals surface area contributed by atoms with E-state index in [2.05, 4.69) is 10.2 Å². The lowest BCUT2D eigenvalue weighted by atomic mass is 9.81. The molecule has 3 nitrogen and oxygen atoms in total. The lowest BCUT2D eigenvalue weighted by molar-refractivity contribution is 0.0555. The maximum Gasteiger partial charge on any atom is 0.107 e. The van der Waals surface area contributed by atoms with E-state index in [-0.39, 0.29) is 11.1 Å². The Labute approximate surface area is 73.9 Å². The molecule has 0 bridgehead atoms. The monoisotopic (exact) mass is 170 g/mol. The van der Waals surface area contributed by atoms with Crippen LogP contribution >= 0.6 is 0 Å². The highest BCUT2D eigenvalue weighted by atomic mass is 16.3. The fourth-order valence-electron chi connectivity index (χ4n) is 1.54. The number of aliphatic hydroxyl groups excluding tert-OH is 1. The molecule has 0 aromatic carbocycles. The van der Waals surface area contributed by atoms with E-state index in [1.54, 1.807) is 0 Å². The van der Waals surface area contributed by atoms with Crippen molar-refractivity contribution in [3.63, 3.8) is 0 Å². The van der Waals surface area contributed by atoms with E-state index in [9.17, 15) is 5.11 Å². The van der Waals surface area contributed by atoms with Gasteiger partial charge in [0.15, 0.2) is 0 Å². The van der Waals surface area contributed by atoms with Crippen molar-refractivity contribution in [1.82, 2.24) is 0 Å². The molecule has 0 aliphatic carbocycles. The zero-order chi connectivity index (χ0) is 9.41. The first-order chi connectivity index (χ1) is 5.48. The third-order valence-electron chi connectivity index (χ3n) is 3.12. The van der Waals surface area contributed by atoms with Crippen LogP contribution < -0.4 is 0 Å². The van der Waals surface area contributed by atoms with Crippen molar-refractivity contribution in [1.29, 1.82) is 0 Å². The Bertz CT molecular complexity index is 185. The molecule has 0 saturated heterocycles. The Balaban J connectivity index is 2.88. The molecular formula is C9H18N2O. The molecule has 3 heteroatoms. The summed E-state index contributed by atoms with van der Waals surface area (Å²) in [4.78, 5) is 0. The fraction of sp³-hybridized carbons (Fsp3) is 1.00. The summed E-state index contributed by atoms with van der Waals surface area (Å²) in [7, 11) is 0. The van der Waals surface area contributed by atoms with Crippen LogP contribution in [0.2, 0.25) is 0 Å². The lowest BCUT2D eigenvalue weighted by Gasteiger charge is -2.30. The molecule has 1 heterocycles. The van der Waals surface area contributed by atoms with E-state index in [1.165, 1.54) is 0 Å². The zero-order valence-corrected chi connectivity index (χ0v) is 8.33. The number of aliphatic hydroxyl groups is 1. The molecule has 0 spiro atoms. The molecule has 1 N–H and O–H groups in total. The van der Waals surface area contributed by atoms with Crippen molar-refractivity contribution < 1.29 is 5.11 Å². The standard InChI is InChI=1S/C9H18N2O/c1-5-8(3)7(12)9(4,6-2)11-10-8/h7,12H,5-6H2,1-4H3/t8-,9-/m1/s1. The van der Waals surface area contributed by atoms with E-state index < -0.39 is 6.10 Å². The van der Waals surface area contributed by atoms with Gasteiger partial charge in [0.05, 0.1) is 0 Å². The van der Waals surface area contributed by atoms with Crippen molar-refractivity contribution in [2.75, 3.05) is 0 Å². The minimum atomic E-state index is -0.431. The molecule has 0 aromatic rings. The van der Waals surface area contributed by atoms with Gasteiger partial charge >= 0.3 is 0 Å². The van der Waals surface area contributed by atoms with Gasteiger partial charge < -0.3 is 5.11 Å². The Morgan fingerprint density at radius 1 is 1.08 bits per heavy atom. The molecule has 0 saturated carbocycles. The molecule has 1 aliphatic rings. The molecule has 2 atom stereocenters. The van der Waals surface area contributed by atoms with Crippen LogP contribution in [0.4, 0.5) is 0 Å². The lowest BCUT2D eigenvalue weighted by Crippen LogP contribution is -2.46. The Morgan fingerprint density at radius 3 is 1.58 bits per heavy atom. The first-order valence-electron chi connectivity index (χ1n) is 4.60. The Kier molecular flexibility index (Phi) is 2.25. The first-order valence-corrected chi connectivity index (χ1v) is 4.60. The molecule has 0 radical (unpaired) electrons. The predicted octanol–water partition coefficient (Wildman–Crippen LogP) is 2.15. The quantitative estimate of drug-likeness (QED) is 0.678. The molecule has 0 aromatic heterocycles. The first kappa shape index (κ1) is 9.65. The third kappa shape index (κ3) is 1.16.